The Kier molecular flexibility index (Phi) is 4.61. The van der Waals surface area contributed by atoms with Gasteiger partial charge in [0.1, 0.15) is 6.04 Å². The molecule has 27 heavy (non-hydrogen) atoms. The summed E-state index contributed by atoms with van der Waals surface area (Å²) in [6, 6.07) is 5.74. The number of benzene rings is 1. The Morgan fingerprint density at radius 2 is 1.89 bits per heavy atom. The van der Waals surface area contributed by atoms with Crippen molar-refractivity contribution in [3.05, 3.63) is 29.8 Å². The molecule has 3 atom stereocenters. The Hall–Kier alpha value is -2.09. The van der Waals surface area contributed by atoms with Gasteiger partial charge in [-0.05, 0) is 49.8 Å². The molecule has 1 aromatic carbocycles. The number of nitrogens with zero attached hydrogens (tertiary/aromatic N) is 2. The maximum absolute atomic E-state index is 13.2. The second kappa shape index (κ2) is 6.82. The van der Waals surface area contributed by atoms with Gasteiger partial charge < -0.3 is 10.0 Å². The Morgan fingerprint density at radius 3 is 2.59 bits per heavy atom. The van der Waals surface area contributed by atoms with E-state index in [2.05, 4.69) is 0 Å². The van der Waals surface area contributed by atoms with Crippen LogP contribution in [0.5, 0.6) is 0 Å². The molecule has 3 aliphatic rings. The third-order valence-corrected chi connectivity index (χ3v) is 7.96. The van der Waals surface area contributed by atoms with Crippen LogP contribution in [-0.4, -0.2) is 54.7 Å². The van der Waals surface area contributed by atoms with Crippen molar-refractivity contribution in [2.24, 2.45) is 5.92 Å². The lowest BCUT2D eigenvalue weighted by molar-refractivity contribution is -0.141. The lowest BCUT2D eigenvalue weighted by Crippen LogP contribution is -2.46. The van der Waals surface area contributed by atoms with Gasteiger partial charge in [-0.3, -0.25) is 9.10 Å². The van der Waals surface area contributed by atoms with Gasteiger partial charge in [0, 0.05) is 18.2 Å². The van der Waals surface area contributed by atoms with Crippen LogP contribution in [0.15, 0.2) is 24.3 Å². The van der Waals surface area contributed by atoms with Crippen LogP contribution in [0.1, 0.15) is 48.9 Å². The van der Waals surface area contributed by atoms with E-state index in [4.69, 9.17) is 0 Å². The first kappa shape index (κ1) is 18.3. The zero-order chi connectivity index (χ0) is 19.2. The molecule has 7 nitrogen and oxygen atoms in total. The average molecular weight is 392 g/mol. The van der Waals surface area contributed by atoms with E-state index >= 15 is 0 Å². The lowest BCUT2D eigenvalue weighted by Gasteiger charge is -2.33. The second-order valence-corrected chi connectivity index (χ2v) is 9.72. The van der Waals surface area contributed by atoms with Gasteiger partial charge in [-0.25, -0.2) is 13.2 Å². The highest BCUT2D eigenvalue weighted by Crippen LogP contribution is 2.40. The molecule has 1 saturated carbocycles. The summed E-state index contributed by atoms with van der Waals surface area (Å²) in [6.45, 7) is 0.409. The molecule has 1 aromatic rings. The monoisotopic (exact) mass is 392 g/mol. The first-order valence-electron chi connectivity index (χ1n) is 9.54. The number of amides is 1. The van der Waals surface area contributed by atoms with Crippen molar-refractivity contribution in [1.82, 2.24) is 4.90 Å². The molecule has 0 radical (unpaired) electrons. The Labute approximate surface area is 159 Å². The minimum Gasteiger partial charge on any atom is -0.480 e. The van der Waals surface area contributed by atoms with Gasteiger partial charge in [0.2, 0.25) is 10.0 Å². The van der Waals surface area contributed by atoms with Crippen LogP contribution in [0.3, 0.4) is 0 Å². The molecule has 146 valence electrons. The van der Waals surface area contributed by atoms with E-state index in [1.54, 1.807) is 29.2 Å². The molecule has 0 spiro atoms. The SMILES string of the molecule is O=C(O)[C@@H]1C[C@H]2CCCC[C@H]2N1C(=O)c1cccc(N2CCCS2(=O)=O)c1. The van der Waals surface area contributed by atoms with Crippen LogP contribution in [0, 0.1) is 5.92 Å². The quantitative estimate of drug-likeness (QED) is 0.850. The molecule has 0 unspecified atom stereocenters. The number of carbonyl (C=O) groups is 2. The molecular weight excluding hydrogens is 368 g/mol. The summed E-state index contributed by atoms with van der Waals surface area (Å²) in [5, 5.41) is 9.64. The van der Waals surface area contributed by atoms with Crippen LogP contribution in [0.4, 0.5) is 5.69 Å². The average Bonchev–Trinajstić information content (AvgIpc) is 3.21. The molecule has 2 heterocycles. The molecule has 2 aliphatic heterocycles. The number of hydrogen-bond donors (Lipinski definition) is 1. The zero-order valence-corrected chi connectivity index (χ0v) is 15.9. The summed E-state index contributed by atoms with van der Waals surface area (Å²) in [6.07, 6.45) is 4.95. The van der Waals surface area contributed by atoms with Crippen molar-refractivity contribution >= 4 is 27.6 Å². The van der Waals surface area contributed by atoms with E-state index in [0.29, 0.717) is 30.6 Å². The van der Waals surface area contributed by atoms with Gasteiger partial charge >= 0.3 is 5.97 Å². The topological polar surface area (TPSA) is 95.0 Å². The van der Waals surface area contributed by atoms with Crippen LogP contribution in [0.25, 0.3) is 0 Å². The lowest BCUT2D eigenvalue weighted by atomic mass is 9.84. The maximum Gasteiger partial charge on any atom is 0.326 e. The fourth-order valence-electron chi connectivity index (χ4n) is 4.85. The number of aliphatic carboxylic acids is 1. The van der Waals surface area contributed by atoms with Gasteiger partial charge in [0.15, 0.2) is 0 Å². The van der Waals surface area contributed by atoms with E-state index in [9.17, 15) is 23.1 Å². The van der Waals surface area contributed by atoms with Gasteiger partial charge in [-0.1, -0.05) is 18.9 Å². The maximum atomic E-state index is 13.2. The van der Waals surface area contributed by atoms with Crippen LogP contribution in [-0.2, 0) is 14.8 Å². The summed E-state index contributed by atoms with van der Waals surface area (Å²) in [5.41, 5.74) is 0.830. The number of carboxylic acids is 1. The third-order valence-electron chi connectivity index (χ3n) is 6.09. The molecule has 2 saturated heterocycles. The number of carboxylic acid groups (broad SMARTS) is 1. The summed E-state index contributed by atoms with van der Waals surface area (Å²) in [7, 11) is -3.33. The fourth-order valence-corrected chi connectivity index (χ4v) is 6.40. The Morgan fingerprint density at radius 1 is 1.11 bits per heavy atom. The number of hydrogen-bond acceptors (Lipinski definition) is 4. The van der Waals surface area contributed by atoms with Gasteiger partial charge in [0.05, 0.1) is 11.4 Å². The van der Waals surface area contributed by atoms with Crippen molar-refractivity contribution in [3.63, 3.8) is 0 Å². The van der Waals surface area contributed by atoms with E-state index in [0.717, 1.165) is 25.7 Å². The standard InChI is InChI=1S/C19H24N2O5S/c22-18(21-16-8-2-1-5-13(16)12-17(21)19(23)24)14-6-3-7-15(11-14)20-9-4-10-27(20,25)26/h3,6-7,11,13,16-17H,1-2,4-5,8-10,12H2,(H,23,24)/t13-,16-,17+/m1/s1. The van der Waals surface area contributed by atoms with E-state index in [1.807, 2.05) is 0 Å². The second-order valence-electron chi connectivity index (χ2n) is 7.71. The van der Waals surface area contributed by atoms with Gasteiger partial charge in [-0.15, -0.1) is 0 Å². The Bertz CT molecular complexity index is 869. The highest BCUT2D eigenvalue weighted by atomic mass is 32.2. The molecule has 0 bridgehead atoms. The van der Waals surface area contributed by atoms with Gasteiger partial charge in [0.25, 0.3) is 5.91 Å². The minimum absolute atomic E-state index is 0.0356. The first-order valence-corrected chi connectivity index (χ1v) is 11.2. The number of fused-ring (bicyclic) bond motifs is 1. The summed E-state index contributed by atoms with van der Waals surface area (Å²) in [4.78, 5) is 26.6. The molecule has 1 N–H and O–H groups in total. The fraction of sp³-hybridized carbons (Fsp3) is 0.579. The predicted octanol–water partition coefficient (Wildman–Crippen LogP) is 2.08. The van der Waals surface area contributed by atoms with Crippen molar-refractivity contribution in [1.29, 1.82) is 0 Å². The van der Waals surface area contributed by atoms with Crippen LogP contribution < -0.4 is 4.31 Å². The van der Waals surface area contributed by atoms with Crippen molar-refractivity contribution in [2.45, 2.75) is 50.6 Å². The number of sulfonamides is 1. The van der Waals surface area contributed by atoms with E-state index < -0.39 is 22.0 Å². The molecule has 4 rings (SSSR count). The number of anilines is 1. The molecule has 1 amide bonds. The summed E-state index contributed by atoms with van der Waals surface area (Å²) in [5.74, 6) is -0.917. The summed E-state index contributed by atoms with van der Waals surface area (Å²) >= 11 is 0. The van der Waals surface area contributed by atoms with Crippen molar-refractivity contribution in [3.8, 4) is 0 Å². The largest absolute Gasteiger partial charge is 0.480 e. The smallest absolute Gasteiger partial charge is 0.326 e. The molecule has 8 heteroatoms. The predicted molar refractivity (Wildman–Crippen MR) is 100 cm³/mol. The third kappa shape index (κ3) is 3.20. The zero-order valence-electron chi connectivity index (χ0n) is 15.1. The number of likely N-dealkylation sites (tertiary alicyclic amines) is 1. The Balaban J connectivity index is 1.65. The summed E-state index contributed by atoms with van der Waals surface area (Å²) < 4.78 is 25.7. The number of rotatable bonds is 3. The van der Waals surface area contributed by atoms with Crippen LogP contribution in [0.2, 0.25) is 0 Å². The van der Waals surface area contributed by atoms with Crippen molar-refractivity contribution in [2.75, 3.05) is 16.6 Å². The van der Waals surface area contributed by atoms with Crippen molar-refractivity contribution < 1.29 is 23.1 Å². The molecule has 0 aromatic heterocycles. The van der Waals surface area contributed by atoms with Crippen LogP contribution >= 0.6 is 0 Å². The molecule has 3 fully saturated rings. The molecule has 1 aliphatic carbocycles. The number of carbonyl (C=O) groups excluding carboxylic acids is 1. The first-order chi connectivity index (χ1) is 12.9. The van der Waals surface area contributed by atoms with E-state index in [1.165, 1.54) is 4.31 Å². The molecular formula is C19H24N2O5S. The highest BCUT2D eigenvalue weighted by Gasteiger charge is 2.47. The highest BCUT2D eigenvalue weighted by molar-refractivity contribution is 7.93. The normalized spacial score (nSPS) is 29.6. The van der Waals surface area contributed by atoms with E-state index in [-0.39, 0.29) is 23.6 Å². The van der Waals surface area contributed by atoms with Gasteiger partial charge in [-0.2, -0.15) is 0 Å². The minimum atomic E-state index is -3.33.